The Labute approximate surface area is 159 Å². The van der Waals surface area contributed by atoms with Crippen molar-refractivity contribution >= 4 is 0 Å². The average molecular weight is 371 g/mol. The Hall–Kier alpha value is -2.44. The van der Waals surface area contributed by atoms with Gasteiger partial charge in [-0.1, -0.05) is 12.1 Å². The lowest BCUT2D eigenvalue weighted by molar-refractivity contribution is 0.0676. The third-order valence-electron chi connectivity index (χ3n) is 5.02. The molecule has 0 amide bonds. The first kappa shape index (κ1) is 17.9. The third-order valence-corrected chi connectivity index (χ3v) is 5.02. The highest BCUT2D eigenvalue weighted by molar-refractivity contribution is 5.44. The lowest BCUT2D eigenvalue weighted by Crippen LogP contribution is -2.31. The smallest absolute Gasteiger partial charge is 0.231 e. The Morgan fingerprint density at radius 1 is 1.11 bits per heavy atom. The van der Waals surface area contributed by atoms with Crippen LogP contribution in [0.3, 0.4) is 0 Å². The molecule has 6 heteroatoms. The summed E-state index contributed by atoms with van der Waals surface area (Å²) in [5.41, 5.74) is 2.01. The van der Waals surface area contributed by atoms with E-state index in [1.54, 1.807) is 13.2 Å². The minimum atomic E-state index is 0.236. The highest BCUT2D eigenvalue weighted by Crippen LogP contribution is 2.33. The molecule has 4 rings (SSSR count). The maximum absolute atomic E-state index is 10.4. The van der Waals surface area contributed by atoms with Crippen molar-refractivity contribution in [3.05, 3.63) is 47.5 Å². The molecular formula is C21H25NO5. The number of methoxy groups -OCH3 is 1. The summed E-state index contributed by atoms with van der Waals surface area (Å²) in [5, 5.41) is 10.4. The number of phenolic OH excluding ortho intramolecular Hbond substituents is 1. The topological polar surface area (TPSA) is 60.4 Å². The van der Waals surface area contributed by atoms with Gasteiger partial charge in [0.2, 0.25) is 6.79 Å². The van der Waals surface area contributed by atoms with Crippen LogP contribution in [0.4, 0.5) is 0 Å². The zero-order valence-corrected chi connectivity index (χ0v) is 15.5. The van der Waals surface area contributed by atoms with Crippen molar-refractivity contribution in [1.29, 1.82) is 0 Å². The van der Waals surface area contributed by atoms with Gasteiger partial charge in [0.1, 0.15) is 11.5 Å². The molecule has 1 atom stereocenters. The van der Waals surface area contributed by atoms with Gasteiger partial charge in [0.05, 0.1) is 13.2 Å². The molecule has 1 saturated heterocycles. The Morgan fingerprint density at radius 2 is 2.00 bits per heavy atom. The van der Waals surface area contributed by atoms with Crippen LogP contribution in [0.15, 0.2) is 36.4 Å². The molecule has 0 radical (unpaired) electrons. The number of rotatable bonds is 7. The summed E-state index contributed by atoms with van der Waals surface area (Å²) in [6.45, 7) is 3.29. The predicted octanol–water partition coefficient (Wildman–Crippen LogP) is 3.31. The molecule has 1 fully saturated rings. The maximum atomic E-state index is 10.4. The molecule has 2 aliphatic rings. The molecule has 2 aromatic carbocycles. The van der Waals surface area contributed by atoms with Crippen LogP contribution in [0.5, 0.6) is 23.0 Å². The van der Waals surface area contributed by atoms with Gasteiger partial charge in [0.15, 0.2) is 11.5 Å². The molecule has 27 heavy (non-hydrogen) atoms. The SMILES string of the molecule is COc1ccc(CN(Cc2ccc3c(c2)OCO3)C[C@H]2CCCO2)c(O)c1. The standard InChI is InChI=1S/C21H25NO5/c1-24-17-6-5-16(19(23)10-17)12-22(13-18-3-2-8-25-18)11-15-4-7-20-21(9-15)27-14-26-20/h4-7,9-10,18,23H,2-3,8,11-14H2,1H3/t18-/m1/s1. The molecule has 0 bridgehead atoms. The van der Waals surface area contributed by atoms with E-state index in [1.807, 2.05) is 24.3 Å². The van der Waals surface area contributed by atoms with Crippen molar-refractivity contribution < 1.29 is 24.1 Å². The number of fused-ring (bicyclic) bond motifs is 1. The second-order valence-electron chi connectivity index (χ2n) is 6.99. The van der Waals surface area contributed by atoms with Crippen LogP contribution in [0.25, 0.3) is 0 Å². The fourth-order valence-electron chi connectivity index (χ4n) is 3.60. The van der Waals surface area contributed by atoms with Gasteiger partial charge >= 0.3 is 0 Å². The molecule has 0 aliphatic carbocycles. The summed E-state index contributed by atoms with van der Waals surface area (Å²) in [4.78, 5) is 2.30. The Balaban J connectivity index is 1.51. The minimum Gasteiger partial charge on any atom is -0.507 e. The largest absolute Gasteiger partial charge is 0.507 e. The van der Waals surface area contributed by atoms with E-state index in [0.717, 1.165) is 55.2 Å². The minimum absolute atomic E-state index is 0.236. The van der Waals surface area contributed by atoms with Crippen molar-refractivity contribution in [3.8, 4) is 23.0 Å². The van der Waals surface area contributed by atoms with Crippen LogP contribution in [0.2, 0.25) is 0 Å². The molecule has 144 valence electrons. The van der Waals surface area contributed by atoms with Gasteiger partial charge < -0.3 is 24.1 Å². The Bertz CT molecular complexity index is 788. The monoisotopic (exact) mass is 371 g/mol. The van der Waals surface area contributed by atoms with Crippen LogP contribution in [0.1, 0.15) is 24.0 Å². The molecule has 6 nitrogen and oxygen atoms in total. The molecule has 2 aliphatic heterocycles. The summed E-state index contributed by atoms with van der Waals surface area (Å²) < 4.78 is 21.9. The lowest BCUT2D eigenvalue weighted by Gasteiger charge is -2.26. The van der Waals surface area contributed by atoms with Gasteiger partial charge in [0, 0.05) is 37.9 Å². The number of phenols is 1. The molecule has 0 unspecified atom stereocenters. The zero-order chi connectivity index (χ0) is 18.6. The van der Waals surface area contributed by atoms with Crippen LogP contribution in [-0.4, -0.2) is 43.2 Å². The maximum Gasteiger partial charge on any atom is 0.231 e. The first-order valence-electron chi connectivity index (χ1n) is 9.29. The summed E-state index contributed by atoms with van der Waals surface area (Å²) in [6, 6.07) is 11.5. The highest BCUT2D eigenvalue weighted by Gasteiger charge is 2.21. The second kappa shape index (κ2) is 8.06. The van der Waals surface area contributed by atoms with E-state index in [1.165, 1.54) is 0 Å². The van der Waals surface area contributed by atoms with Crippen molar-refractivity contribution in [3.63, 3.8) is 0 Å². The fourth-order valence-corrected chi connectivity index (χ4v) is 3.60. The predicted molar refractivity (Wildman–Crippen MR) is 100 cm³/mol. The van der Waals surface area contributed by atoms with E-state index < -0.39 is 0 Å². The number of aromatic hydroxyl groups is 1. The van der Waals surface area contributed by atoms with Crippen LogP contribution >= 0.6 is 0 Å². The fraction of sp³-hybridized carbons (Fsp3) is 0.429. The van der Waals surface area contributed by atoms with Crippen LogP contribution < -0.4 is 14.2 Å². The average Bonchev–Trinajstić information content (AvgIpc) is 3.34. The van der Waals surface area contributed by atoms with E-state index in [-0.39, 0.29) is 18.6 Å². The van der Waals surface area contributed by atoms with Crippen molar-refractivity contribution in [1.82, 2.24) is 4.90 Å². The van der Waals surface area contributed by atoms with Gasteiger partial charge in [-0.25, -0.2) is 0 Å². The Morgan fingerprint density at radius 3 is 2.78 bits per heavy atom. The van der Waals surface area contributed by atoms with E-state index in [2.05, 4.69) is 11.0 Å². The number of nitrogens with zero attached hydrogens (tertiary/aromatic N) is 1. The molecule has 0 saturated carbocycles. The van der Waals surface area contributed by atoms with Crippen molar-refractivity contribution in [2.45, 2.75) is 32.0 Å². The van der Waals surface area contributed by atoms with Gasteiger partial charge in [0.25, 0.3) is 0 Å². The first-order valence-corrected chi connectivity index (χ1v) is 9.29. The third kappa shape index (κ3) is 4.28. The number of benzene rings is 2. The van der Waals surface area contributed by atoms with Crippen molar-refractivity contribution in [2.75, 3.05) is 27.1 Å². The Kier molecular flexibility index (Phi) is 5.36. The van der Waals surface area contributed by atoms with Gasteiger partial charge in [-0.3, -0.25) is 4.90 Å². The molecule has 2 aromatic rings. The van der Waals surface area contributed by atoms with Crippen LogP contribution in [0, 0.1) is 0 Å². The number of hydrogen-bond acceptors (Lipinski definition) is 6. The normalized spacial score (nSPS) is 18.2. The van der Waals surface area contributed by atoms with E-state index in [4.69, 9.17) is 18.9 Å². The summed E-state index contributed by atoms with van der Waals surface area (Å²) in [7, 11) is 1.60. The van der Waals surface area contributed by atoms with Crippen LogP contribution in [-0.2, 0) is 17.8 Å². The molecule has 0 aromatic heterocycles. The summed E-state index contributed by atoms with van der Waals surface area (Å²) in [5.74, 6) is 2.48. The first-order chi connectivity index (χ1) is 13.2. The van der Waals surface area contributed by atoms with Crippen molar-refractivity contribution in [2.24, 2.45) is 0 Å². The molecule has 2 heterocycles. The number of ether oxygens (including phenoxy) is 4. The van der Waals surface area contributed by atoms with E-state index in [9.17, 15) is 5.11 Å². The molecular weight excluding hydrogens is 346 g/mol. The number of hydrogen-bond donors (Lipinski definition) is 1. The van der Waals surface area contributed by atoms with Gasteiger partial charge in [-0.05, 0) is 36.6 Å². The summed E-state index contributed by atoms with van der Waals surface area (Å²) in [6.07, 6.45) is 2.42. The second-order valence-corrected chi connectivity index (χ2v) is 6.99. The van der Waals surface area contributed by atoms with Gasteiger partial charge in [-0.15, -0.1) is 0 Å². The summed E-state index contributed by atoms with van der Waals surface area (Å²) >= 11 is 0. The highest BCUT2D eigenvalue weighted by atomic mass is 16.7. The molecule has 1 N–H and O–H groups in total. The quantitative estimate of drug-likeness (QED) is 0.806. The van der Waals surface area contributed by atoms with E-state index >= 15 is 0 Å². The lowest BCUT2D eigenvalue weighted by atomic mass is 10.1. The van der Waals surface area contributed by atoms with Gasteiger partial charge in [-0.2, -0.15) is 0 Å². The van der Waals surface area contributed by atoms with E-state index in [0.29, 0.717) is 12.3 Å². The zero-order valence-electron chi connectivity index (χ0n) is 15.5. The molecule has 0 spiro atoms.